The molecule has 1 aliphatic carbocycles. The van der Waals surface area contributed by atoms with Gasteiger partial charge in [0, 0.05) is 28.7 Å². The van der Waals surface area contributed by atoms with Gasteiger partial charge >= 0.3 is 6.09 Å². The summed E-state index contributed by atoms with van der Waals surface area (Å²) < 4.78 is 16.1. The van der Waals surface area contributed by atoms with Crippen LogP contribution in [0.5, 0.6) is 5.75 Å². The van der Waals surface area contributed by atoms with Crippen LogP contribution in [0, 0.1) is 24.2 Å². The van der Waals surface area contributed by atoms with E-state index in [0.717, 1.165) is 45.9 Å². The first-order chi connectivity index (χ1) is 18.0. The number of carbonyl (C=O) groups is 2. The van der Waals surface area contributed by atoms with E-state index in [1.54, 1.807) is 24.3 Å². The van der Waals surface area contributed by atoms with Crippen molar-refractivity contribution in [2.45, 2.75) is 58.9 Å². The molecule has 4 rings (SSSR count). The standard InChI is InChI=1S/C28H31N3O5S/c1-3-34-25-7-5-4-6-20(25)9-10-22(32)14-27-24(15-29)23-11-8-19(13-26(23)37-27)17-35-28(33)30-16-21-12-18(2)36-31-21/h4-7,12,19H,3,8-11,13-14,16-17H2,1-2H3,(H,30,33). The van der Waals surface area contributed by atoms with E-state index in [0.29, 0.717) is 43.1 Å². The van der Waals surface area contributed by atoms with Gasteiger partial charge in [-0.3, -0.25) is 4.79 Å². The monoisotopic (exact) mass is 521 g/mol. The first-order valence-electron chi connectivity index (χ1n) is 12.6. The number of aromatic nitrogens is 1. The van der Waals surface area contributed by atoms with Crippen LogP contribution < -0.4 is 10.1 Å². The Bertz CT molecular complexity index is 1290. The molecule has 1 N–H and O–H groups in total. The summed E-state index contributed by atoms with van der Waals surface area (Å²) in [6.07, 6.45) is 3.10. The second kappa shape index (κ2) is 12.5. The van der Waals surface area contributed by atoms with Crippen molar-refractivity contribution in [1.29, 1.82) is 5.26 Å². The molecule has 1 atom stereocenters. The van der Waals surface area contributed by atoms with Gasteiger partial charge < -0.3 is 19.3 Å². The van der Waals surface area contributed by atoms with Crippen molar-refractivity contribution in [2.75, 3.05) is 13.2 Å². The summed E-state index contributed by atoms with van der Waals surface area (Å²) in [7, 11) is 0. The fourth-order valence-corrected chi connectivity index (χ4v) is 6.01. The molecule has 0 fully saturated rings. The van der Waals surface area contributed by atoms with Gasteiger partial charge in [0.25, 0.3) is 0 Å². The van der Waals surface area contributed by atoms with Crippen LogP contribution in [0.2, 0.25) is 0 Å². The van der Waals surface area contributed by atoms with Crippen molar-refractivity contribution in [3.63, 3.8) is 0 Å². The summed E-state index contributed by atoms with van der Waals surface area (Å²) in [5.74, 6) is 1.79. The molecule has 0 saturated heterocycles. The number of amides is 1. The molecule has 1 unspecified atom stereocenters. The van der Waals surface area contributed by atoms with Crippen LogP contribution in [0.1, 0.15) is 57.7 Å². The lowest BCUT2D eigenvalue weighted by atomic mass is 9.87. The zero-order valence-electron chi connectivity index (χ0n) is 21.2. The maximum atomic E-state index is 12.8. The van der Waals surface area contributed by atoms with Crippen LogP contribution in [-0.4, -0.2) is 30.2 Å². The van der Waals surface area contributed by atoms with Crippen LogP contribution in [0.3, 0.4) is 0 Å². The maximum Gasteiger partial charge on any atom is 0.407 e. The van der Waals surface area contributed by atoms with Crippen LogP contribution in [0.4, 0.5) is 4.79 Å². The summed E-state index contributed by atoms with van der Waals surface area (Å²) >= 11 is 1.55. The first kappa shape index (κ1) is 26.4. The summed E-state index contributed by atoms with van der Waals surface area (Å²) in [5, 5.41) is 16.3. The molecule has 2 heterocycles. The van der Waals surface area contributed by atoms with Gasteiger partial charge in [-0.15, -0.1) is 11.3 Å². The minimum Gasteiger partial charge on any atom is -0.494 e. The molecule has 0 saturated carbocycles. The third-order valence-corrected chi connectivity index (χ3v) is 7.65. The topological polar surface area (TPSA) is 114 Å². The first-order valence-corrected chi connectivity index (χ1v) is 13.4. The molecule has 0 spiro atoms. The number of fused-ring (bicyclic) bond motifs is 1. The highest BCUT2D eigenvalue weighted by atomic mass is 32.1. The fraction of sp³-hybridized carbons (Fsp3) is 0.429. The maximum absolute atomic E-state index is 12.8. The summed E-state index contributed by atoms with van der Waals surface area (Å²) in [5.41, 5.74) is 3.37. The number of nitriles is 1. The van der Waals surface area contributed by atoms with E-state index >= 15 is 0 Å². The van der Waals surface area contributed by atoms with E-state index < -0.39 is 6.09 Å². The van der Waals surface area contributed by atoms with E-state index in [-0.39, 0.29) is 24.7 Å². The second-order valence-corrected chi connectivity index (χ2v) is 10.3. The summed E-state index contributed by atoms with van der Waals surface area (Å²) in [6, 6.07) is 11.9. The van der Waals surface area contributed by atoms with E-state index in [1.165, 1.54) is 0 Å². The molecule has 0 radical (unpaired) electrons. The molecule has 8 nitrogen and oxygen atoms in total. The minimum atomic E-state index is -0.493. The van der Waals surface area contributed by atoms with Gasteiger partial charge in [-0.25, -0.2) is 4.79 Å². The largest absolute Gasteiger partial charge is 0.494 e. The number of hydrogen-bond donors (Lipinski definition) is 1. The summed E-state index contributed by atoms with van der Waals surface area (Å²) in [6.45, 7) is 4.86. The Morgan fingerprint density at radius 1 is 1.32 bits per heavy atom. The number of thiophene rings is 1. The lowest BCUT2D eigenvalue weighted by Crippen LogP contribution is -2.27. The Morgan fingerprint density at radius 3 is 2.92 bits per heavy atom. The number of ether oxygens (including phenoxy) is 2. The Labute approximate surface area is 220 Å². The van der Waals surface area contributed by atoms with Crippen molar-refractivity contribution in [1.82, 2.24) is 10.5 Å². The molecular weight excluding hydrogens is 490 g/mol. The van der Waals surface area contributed by atoms with Crippen LogP contribution >= 0.6 is 11.3 Å². The average Bonchev–Trinajstić information content (AvgIpc) is 3.47. The number of benzene rings is 1. The molecule has 2 aromatic heterocycles. The van der Waals surface area contributed by atoms with E-state index in [2.05, 4.69) is 16.5 Å². The SMILES string of the molecule is CCOc1ccccc1CCC(=O)Cc1sc2c(c1C#N)CCC(COC(=O)NCc1cc(C)on1)C2. The number of nitrogens with one attached hydrogen (secondary N) is 1. The number of rotatable bonds is 11. The van der Waals surface area contributed by atoms with Crippen LogP contribution in [-0.2, 0) is 41.8 Å². The fourth-order valence-electron chi connectivity index (χ4n) is 4.56. The Balaban J connectivity index is 1.29. The number of ketones is 1. The number of Topliss-reactive ketones (excluding diaryl/α,β-unsaturated/α-hetero) is 1. The number of para-hydroxylation sites is 1. The van der Waals surface area contributed by atoms with Crippen molar-refractivity contribution in [2.24, 2.45) is 5.92 Å². The quantitative estimate of drug-likeness (QED) is 0.374. The highest BCUT2D eigenvalue weighted by Gasteiger charge is 2.27. The molecule has 0 aliphatic heterocycles. The molecule has 1 amide bonds. The van der Waals surface area contributed by atoms with Gasteiger partial charge in [0.15, 0.2) is 0 Å². The highest BCUT2D eigenvalue weighted by molar-refractivity contribution is 7.12. The normalized spacial score (nSPS) is 14.5. The highest BCUT2D eigenvalue weighted by Crippen LogP contribution is 2.37. The average molecular weight is 522 g/mol. The Kier molecular flexibility index (Phi) is 8.96. The molecule has 37 heavy (non-hydrogen) atoms. The Morgan fingerprint density at radius 2 is 2.16 bits per heavy atom. The lowest BCUT2D eigenvalue weighted by Gasteiger charge is -2.21. The molecule has 1 aliphatic rings. The smallest absolute Gasteiger partial charge is 0.407 e. The number of carbonyl (C=O) groups excluding carboxylic acids is 2. The lowest BCUT2D eigenvalue weighted by molar-refractivity contribution is -0.118. The van der Waals surface area contributed by atoms with E-state index in [1.807, 2.05) is 31.2 Å². The van der Waals surface area contributed by atoms with Gasteiger partial charge in [0.2, 0.25) is 0 Å². The van der Waals surface area contributed by atoms with Crippen molar-refractivity contribution in [3.8, 4) is 11.8 Å². The minimum absolute atomic E-state index is 0.111. The van der Waals surface area contributed by atoms with Crippen molar-refractivity contribution >= 4 is 23.2 Å². The predicted molar refractivity (Wildman–Crippen MR) is 139 cm³/mol. The number of alkyl carbamates (subject to hydrolysis) is 1. The summed E-state index contributed by atoms with van der Waals surface area (Å²) in [4.78, 5) is 26.9. The van der Waals surface area contributed by atoms with Gasteiger partial charge in [-0.05, 0) is 62.6 Å². The van der Waals surface area contributed by atoms with E-state index in [4.69, 9.17) is 14.0 Å². The van der Waals surface area contributed by atoms with Crippen molar-refractivity contribution in [3.05, 3.63) is 68.2 Å². The number of hydrogen-bond acceptors (Lipinski definition) is 8. The predicted octanol–water partition coefficient (Wildman–Crippen LogP) is 5.09. The number of nitrogens with zero attached hydrogens (tertiary/aromatic N) is 2. The number of aryl methyl sites for hydroxylation is 2. The van der Waals surface area contributed by atoms with Gasteiger partial charge in [-0.2, -0.15) is 5.26 Å². The molecule has 194 valence electrons. The van der Waals surface area contributed by atoms with Crippen LogP contribution in [0.15, 0.2) is 34.9 Å². The third-order valence-electron chi connectivity index (χ3n) is 6.40. The van der Waals surface area contributed by atoms with Crippen LogP contribution in [0.25, 0.3) is 0 Å². The molecule has 0 bridgehead atoms. The molecule has 3 aromatic rings. The zero-order valence-corrected chi connectivity index (χ0v) is 22.0. The van der Waals surface area contributed by atoms with Gasteiger partial charge in [-0.1, -0.05) is 23.4 Å². The Hall–Kier alpha value is -3.64. The van der Waals surface area contributed by atoms with E-state index in [9.17, 15) is 14.9 Å². The third kappa shape index (κ3) is 6.98. The second-order valence-electron chi connectivity index (χ2n) is 9.16. The van der Waals surface area contributed by atoms with Gasteiger partial charge in [0.1, 0.15) is 29.1 Å². The molecule has 9 heteroatoms. The molecular formula is C28H31N3O5S. The zero-order chi connectivity index (χ0) is 26.2. The van der Waals surface area contributed by atoms with Gasteiger partial charge in [0.05, 0.1) is 25.3 Å². The molecule has 1 aromatic carbocycles. The van der Waals surface area contributed by atoms with Crippen molar-refractivity contribution < 1.29 is 23.6 Å².